The van der Waals surface area contributed by atoms with Gasteiger partial charge in [-0.1, -0.05) is 6.07 Å². The number of ether oxygens (including phenoxy) is 6. The molecule has 2 aliphatic rings. The lowest BCUT2D eigenvalue weighted by molar-refractivity contribution is -0.278. The molecule has 0 aliphatic carbocycles. The van der Waals surface area contributed by atoms with Crippen molar-refractivity contribution in [3.8, 4) is 51.6 Å². The predicted octanol–water partition coefficient (Wildman–Crippen LogP) is -0.444. The molecule has 0 radical (unpaired) electrons. The summed E-state index contributed by atoms with van der Waals surface area (Å²) in [4.78, 5) is 35.1. The number of aliphatic carboxylic acids is 1. The zero-order chi connectivity index (χ0) is 44.3. The normalized spacial score (nSPS) is 26.5. The number of carboxylic acids is 1. The Kier molecular flexibility index (Phi) is 13.3. The van der Waals surface area contributed by atoms with Crippen LogP contribution >= 0.6 is 0 Å². The van der Waals surface area contributed by atoms with Gasteiger partial charge in [0.2, 0.25) is 18.3 Å². The number of esters is 2. The van der Waals surface area contributed by atoms with Crippen LogP contribution < -0.4 is 9.47 Å². The van der Waals surface area contributed by atoms with Crippen LogP contribution in [0.4, 0.5) is 0 Å². The van der Waals surface area contributed by atoms with Crippen molar-refractivity contribution in [3.63, 3.8) is 0 Å². The van der Waals surface area contributed by atoms with Gasteiger partial charge < -0.3 is 89.7 Å². The van der Waals surface area contributed by atoms with Gasteiger partial charge in [0.1, 0.15) is 85.4 Å². The summed E-state index contributed by atoms with van der Waals surface area (Å²) in [7, 11) is 0. The Hall–Kier alpha value is -6.50. The van der Waals surface area contributed by atoms with Crippen molar-refractivity contribution in [3.05, 3.63) is 66.2 Å². The SMILES string of the molecule is O=C(O)CC(=O)OCC1O[C@@H](Oc2cc3c(O)cc(O)cc3[o+]c2-c2ccc(O)c(O[C@@H]3O[C@@H](COC(=O)/C=C/c4ccc(O)c(O)c4)[C@@H](O)C(O)C3O)c2)C(O)C(O)[C@@H]1O. The molecule has 2 fully saturated rings. The molecule has 6 rings (SSSR count). The second-order valence-corrected chi connectivity index (χ2v) is 13.7. The lowest BCUT2D eigenvalue weighted by Gasteiger charge is -2.40. The Morgan fingerprint density at radius 3 is 1.87 bits per heavy atom. The van der Waals surface area contributed by atoms with Crippen LogP contribution in [0.15, 0.2) is 65.1 Å². The van der Waals surface area contributed by atoms with Crippen LogP contribution in [0.2, 0.25) is 0 Å². The van der Waals surface area contributed by atoms with Gasteiger partial charge in [0.05, 0.1) is 11.6 Å². The lowest BCUT2D eigenvalue weighted by atomic mass is 9.99. The molecule has 22 nitrogen and oxygen atoms in total. The first-order chi connectivity index (χ1) is 28.9. The number of benzene rings is 3. The maximum atomic E-state index is 12.4. The van der Waals surface area contributed by atoms with E-state index < -0.39 is 128 Å². The number of carbonyl (C=O) groups excluding carboxylic acids is 2. The highest BCUT2D eigenvalue weighted by molar-refractivity contribution is 5.90. The van der Waals surface area contributed by atoms with Gasteiger partial charge >= 0.3 is 29.3 Å². The van der Waals surface area contributed by atoms with Gasteiger partial charge in [0.25, 0.3) is 0 Å². The molecule has 2 aliphatic heterocycles. The minimum absolute atomic E-state index is 0.0253. The summed E-state index contributed by atoms with van der Waals surface area (Å²) in [6.07, 6.45) is -17.1. The number of aliphatic hydroxyl groups is 6. The second kappa shape index (κ2) is 18.4. The summed E-state index contributed by atoms with van der Waals surface area (Å²) in [5.41, 5.74) is 0.155. The fourth-order valence-electron chi connectivity index (χ4n) is 6.15. The smallest absolute Gasteiger partial charge is 0.402 e. The van der Waals surface area contributed by atoms with Crippen molar-refractivity contribution in [1.29, 1.82) is 0 Å². The third-order valence-corrected chi connectivity index (χ3v) is 9.37. The Morgan fingerprint density at radius 2 is 1.25 bits per heavy atom. The third kappa shape index (κ3) is 10.1. The summed E-state index contributed by atoms with van der Waals surface area (Å²) in [6.45, 7) is -1.46. The van der Waals surface area contributed by atoms with E-state index in [0.717, 1.165) is 30.3 Å². The number of carbonyl (C=O) groups is 3. The Morgan fingerprint density at radius 1 is 0.639 bits per heavy atom. The van der Waals surface area contributed by atoms with Crippen LogP contribution in [0.3, 0.4) is 0 Å². The van der Waals surface area contributed by atoms with E-state index in [9.17, 15) is 70.6 Å². The molecule has 0 spiro atoms. The molecular weight excluding hydrogens is 820 g/mol. The maximum Gasteiger partial charge on any atom is 0.402 e. The minimum atomic E-state index is -1.99. The van der Waals surface area contributed by atoms with Gasteiger partial charge in [-0.05, 0) is 35.9 Å². The number of aliphatic hydroxyl groups excluding tert-OH is 6. The number of carboxylic acid groups (broad SMARTS) is 1. The van der Waals surface area contributed by atoms with Crippen LogP contribution in [0, 0.1) is 0 Å². The molecule has 22 heteroatoms. The molecule has 0 bridgehead atoms. The van der Waals surface area contributed by atoms with E-state index in [0.29, 0.717) is 5.56 Å². The van der Waals surface area contributed by atoms with Gasteiger partial charge in [-0.15, -0.1) is 0 Å². The molecule has 10 atom stereocenters. The van der Waals surface area contributed by atoms with Crippen molar-refractivity contribution < 1.29 is 109 Å². The molecule has 0 amide bonds. The number of phenols is 5. The van der Waals surface area contributed by atoms with Crippen molar-refractivity contribution in [1.82, 2.24) is 0 Å². The molecule has 2 saturated heterocycles. The van der Waals surface area contributed by atoms with Gasteiger partial charge in [-0.2, -0.15) is 0 Å². The first kappa shape index (κ1) is 44.1. The molecule has 0 saturated carbocycles. The minimum Gasteiger partial charge on any atom is -0.507 e. The quantitative estimate of drug-likeness (QED) is 0.0266. The van der Waals surface area contributed by atoms with E-state index >= 15 is 0 Å². The Labute approximate surface area is 342 Å². The number of rotatable bonds is 13. The lowest BCUT2D eigenvalue weighted by Crippen LogP contribution is -2.60. The van der Waals surface area contributed by atoms with Crippen LogP contribution in [0.5, 0.6) is 40.2 Å². The van der Waals surface area contributed by atoms with E-state index in [1.807, 2.05) is 0 Å². The number of hydrogen-bond acceptors (Lipinski definition) is 20. The monoisotopic (exact) mass is 859 g/mol. The first-order valence-corrected chi connectivity index (χ1v) is 18.0. The molecule has 326 valence electrons. The highest BCUT2D eigenvalue weighted by atomic mass is 16.7. The Balaban J connectivity index is 1.24. The summed E-state index contributed by atoms with van der Waals surface area (Å²) in [5, 5.41) is 123. The third-order valence-electron chi connectivity index (χ3n) is 9.37. The summed E-state index contributed by atoms with van der Waals surface area (Å²) in [5.74, 6) is -7.06. The van der Waals surface area contributed by atoms with Crippen molar-refractivity contribution in [2.24, 2.45) is 0 Å². The van der Waals surface area contributed by atoms with E-state index in [1.54, 1.807) is 0 Å². The standard InChI is InChI=1S/C39H38O22/c40-17-9-21(43)18-11-25(59-39-36(54)34(52)32(50)27(61-39)14-56-30(48)12-28(45)46)37(57-23(18)10-17)16-3-5-20(42)24(8-16)58-38-35(53)33(51)31(49)26(60-38)13-55-29(47)6-2-15-1-4-19(41)22(44)7-15/h1-11,26-27,31-36,38-39,49-54H,12-14H2,(H5-,40,41,42,43,44,45,46,47)/p+1/t26-,27?,31+,32+,33?,34?,35?,36?,38+,39+/m0/s1. The molecule has 61 heavy (non-hydrogen) atoms. The summed E-state index contributed by atoms with van der Waals surface area (Å²) < 4.78 is 38.8. The van der Waals surface area contributed by atoms with Crippen molar-refractivity contribution in [2.75, 3.05) is 13.2 Å². The van der Waals surface area contributed by atoms with Crippen molar-refractivity contribution in [2.45, 2.75) is 67.8 Å². The zero-order valence-electron chi connectivity index (χ0n) is 31.2. The number of fused-ring (bicyclic) bond motifs is 1. The van der Waals surface area contributed by atoms with E-state index in [2.05, 4.69) is 0 Å². The summed E-state index contributed by atoms with van der Waals surface area (Å²) in [6, 6.07) is 10.5. The van der Waals surface area contributed by atoms with E-state index in [1.165, 1.54) is 36.4 Å². The number of aromatic hydroxyl groups is 5. The Bertz CT molecular complexity index is 2300. The van der Waals surface area contributed by atoms with Crippen LogP contribution in [-0.2, 0) is 33.3 Å². The molecule has 3 heterocycles. The van der Waals surface area contributed by atoms with Crippen LogP contribution in [0.1, 0.15) is 12.0 Å². The molecule has 3 aromatic carbocycles. The molecule has 12 N–H and O–H groups in total. The van der Waals surface area contributed by atoms with Gasteiger partial charge in [0.15, 0.2) is 23.0 Å². The molecule has 5 unspecified atom stereocenters. The van der Waals surface area contributed by atoms with Gasteiger partial charge in [-0.3, -0.25) is 9.59 Å². The van der Waals surface area contributed by atoms with Crippen LogP contribution in [0.25, 0.3) is 28.4 Å². The summed E-state index contributed by atoms with van der Waals surface area (Å²) >= 11 is 0. The van der Waals surface area contributed by atoms with Crippen molar-refractivity contribution >= 4 is 35.0 Å². The number of phenolic OH excluding ortho intramolecular Hbond substituents is 5. The highest BCUT2D eigenvalue weighted by Gasteiger charge is 2.48. The van der Waals surface area contributed by atoms with Gasteiger partial charge in [-0.25, -0.2) is 9.21 Å². The maximum absolute atomic E-state index is 12.4. The average molecular weight is 860 g/mol. The van der Waals surface area contributed by atoms with E-state index in [-0.39, 0.29) is 33.8 Å². The fourth-order valence-corrected chi connectivity index (χ4v) is 6.15. The van der Waals surface area contributed by atoms with Crippen LogP contribution in [-0.4, -0.2) is 154 Å². The van der Waals surface area contributed by atoms with E-state index in [4.69, 9.17) is 37.9 Å². The molecule has 4 aromatic rings. The molecule has 1 aromatic heterocycles. The fraction of sp³-hybridized carbons (Fsp3) is 0.333. The highest BCUT2D eigenvalue weighted by Crippen LogP contribution is 2.43. The second-order valence-electron chi connectivity index (χ2n) is 13.7. The number of hydrogen-bond donors (Lipinski definition) is 12. The largest absolute Gasteiger partial charge is 0.507 e. The van der Waals surface area contributed by atoms with Gasteiger partial charge in [0, 0.05) is 24.3 Å². The first-order valence-electron chi connectivity index (χ1n) is 18.0. The topological polar surface area (TPSA) is 361 Å². The molecular formula is C39H39O22+. The predicted molar refractivity (Wildman–Crippen MR) is 199 cm³/mol. The zero-order valence-corrected chi connectivity index (χ0v) is 31.2. The average Bonchev–Trinajstić information content (AvgIpc) is 3.21.